The average molecular weight is 189 g/mol. The van der Waals surface area contributed by atoms with Crippen molar-refractivity contribution >= 4 is 16.7 Å². The fraction of sp³-hybridized carbons (Fsp3) is 0. The van der Waals surface area contributed by atoms with Crippen LogP contribution >= 0.6 is 0 Å². The molecule has 0 amide bonds. The molecule has 2 rings (SSSR count). The number of rotatable bonds is 1. The minimum Gasteiger partial charge on any atom is -0.545 e. The van der Waals surface area contributed by atoms with E-state index in [-0.39, 0.29) is 5.56 Å². The molecule has 0 aromatic heterocycles. The van der Waals surface area contributed by atoms with Crippen LogP contribution in [0.25, 0.3) is 10.8 Å². The summed E-state index contributed by atoms with van der Waals surface area (Å²) in [5, 5.41) is 11.4. The summed E-state index contributed by atoms with van der Waals surface area (Å²) in [5.74, 6) is -1.72. The second-order valence-corrected chi connectivity index (χ2v) is 2.93. The van der Waals surface area contributed by atoms with Crippen LogP contribution in [0.15, 0.2) is 36.4 Å². The van der Waals surface area contributed by atoms with Crippen LogP contribution in [0.5, 0.6) is 0 Å². The van der Waals surface area contributed by atoms with E-state index in [4.69, 9.17) is 0 Å². The summed E-state index contributed by atoms with van der Waals surface area (Å²) in [6.07, 6.45) is 0. The molecule has 3 heteroatoms. The number of carboxylic acids is 1. The quantitative estimate of drug-likeness (QED) is 0.679. The monoisotopic (exact) mass is 189 g/mol. The van der Waals surface area contributed by atoms with Gasteiger partial charge < -0.3 is 9.90 Å². The number of hydrogen-bond acceptors (Lipinski definition) is 2. The van der Waals surface area contributed by atoms with Gasteiger partial charge in [0.15, 0.2) is 0 Å². The number of halogens is 1. The summed E-state index contributed by atoms with van der Waals surface area (Å²) in [6.45, 7) is 0. The molecule has 0 saturated heterocycles. The highest BCUT2D eigenvalue weighted by Crippen LogP contribution is 2.20. The van der Waals surface area contributed by atoms with Crippen molar-refractivity contribution in [3.05, 3.63) is 47.8 Å². The molecular formula is C11H6FO2-. The highest BCUT2D eigenvalue weighted by molar-refractivity contribution is 6.02. The second-order valence-electron chi connectivity index (χ2n) is 2.93. The maximum absolute atomic E-state index is 13.2. The summed E-state index contributed by atoms with van der Waals surface area (Å²) >= 11 is 0. The van der Waals surface area contributed by atoms with Gasteiger partial charge in [0.1, 0.15) is 5.82 Å². The van der Waals surface area contributed by atoms with Crippen molar-refractivity contribution in [2.24, 2.45) is 0 Å². The van der Waals surface area contributed by atoms with Crippen LogP contribution < -0.4 is 5.11 Å². The molecule has 2 aromatic carbocycles. The highest BCUT2D eigenvalue weighted by atomic mass is 19.1. The molecule has 0 bridgehead atoms. The summed E-state index contributed by atoms with van der Waals surface area (Å²) in [5.41, 5.74) is 0.0157. The highest BCUT2D eigenvalue weighted by Gasteiger charge is 2.04. The standard InChI is InChI=1S/C11H7FO2/c12-10-6-5-9(11(13)14)7-3-1-2-4-8(7)10/h1-6H,(H,13,14)/p-1. The molecule has 70 valence electrons. The first kappa shape index (κ1) is 8.69. The Bertz CT molecular complexity index is 506. The summed E-state index contributed by atoms with van der Waals surface area (Å²) in [6, 6.07) is 8.76. The normalized spacial score (nSPS) is 10.4. The van der Waals surface area contributed by atoms with Crippen LogP contribution in [-0.2, 0) is 0 Å². The van der Waals surface area contributed by atoms with E-state index in [9.17, 15) is 14.3 Å². The fourth-order valence-electron chi connectivity index (χ4n) is 1.44. The van der Waals surface area contributed by atoms with Crippen LogP contribution in [-0.4, -0.2) is 5.97 Å². The van der Waals surface area contributed by atoms with Gasteiger partial charge in [-0.3, -0.25) is 0 Å². The van der Waals surface area contributed by atoms with E-state index in [1.54, 1.807) is 18.2 Å². The minimum absolute atomic E-state index is 0.0157. The summed E-state index contributed by atoms with van der Waals surface area (Å²) in [7, 11) is 0. The van der Waals surface area contributed by atoms with E-state index in [1.165, 1.54) is 12.1 Å². The van der Waals surface area contributed by atoms with Crippen molar-refractivity contribution in [2.75, 3.05) is 0 Å². The number of fused-ring (bicyclic) bond motifs is 1. The van der Waals surface area contributed by atoms with Gasteiger partial charge in [-0.1, -0.05) is 24.3 Å². The third-order valence-corrected chi connectivity index (χ3v) is 2.09. The van der Waals surface area contributed by atoms with E-state index in [0.29, 0.717) is 10.8 Å². The maximum Gasteiger partial charge on any atom is 0.131 e. The first-order valence-electron chi connectivity index (χ1n) is 4.09. The predicted octanol–water partition coefficient (Wildman–Crippen LogP) is 1.34. The zero-order valence-electron chi connectivity index (χ0n) is 7.16. The Morgan fingerprint density at radius 1 is 1.07 bits per heavy atom. The molecule has 0 N–H and O–H groups in total. The van der Waals surface area contributed by atoms with Crippen molar-refractivity contribution in [2.45, 2.75) is 0 Å². The van der Waals surface area contributed by atoms with Gasteiger partial charge in [0, 0.05) is 10.9 Å². The lowest BCUT2D eigenvalue weighted by Crippen LogP contribution is -2.22. The number of carboxylic acid groups (broad SMARTS) is 1. The van der Waals surface area contributed by atoms with Crippen LogP contribution in [0.4, 0.5) is 4.39 Å². The first-order valence-corrected chi connectivity index (χ1v) is 4.09. The Hall–Kier alpha value is -1.90. The molecule has 2 nitrogen and oxygen atoms in total. The molecule has 0 saturated carbocycles. The predicted molar refractivity (Wildman–Crippen MR) is 48.2 cm³/mol. The fourth-order valence-corrected chi connectivity index (χ4v) is 1.44. The van der Waals surface area contributed by atoms with Gasteiger partial charge in [-0.15, -0.1) is 0 Å². The molecule has 0 aliphatic rings. The molecule has 2 aromatic rings. The van der Waals surface area contributed by atoms with Crippen molar-refractivity contribution in [3.63, 3.8) is 0 Å². The maximum atomic E-state index is 13.2. The van der Waals surface area contributed by atoms with Crippen molar-refractivity contribution in [3.8, 4) is 0 Å². The minimum atomic E-state index is -1.29. The topological polar surface area (TPSA) is 40.1 Å². The van der Waals surface area contributed by atoms with Gasteiger partial charge in [0.25, 0.3) is 0 Å². The molecule has 0 aliphatic carbocycles. The van der Waals surface area contributed by atoms with Gasteiger partial charge in [-0.25, -0.2) is 4.39 Å². The van der Waals surface area contributed by atoms with Crippen LogP contribution in [0.1, 0.15) is 10.4 Å². The van der Waals surface area contributed by atoms with Crippen LogP contribution in [0.2, 0.25) is 0 Å². The van der Waals surface area contributed by atoms with E-state index in [0.717, 1.165) is 6.07 Å². The number of carbonyl (C=O) groups excluding carboxylic acids is 1. The van der Waals surface area contributed by atoms with E-state index in [2.05, 4.69) is 0 Å². The van der Waals surface area contributed by atoms with Gasteiger partial charge in [-0.2, -0.15) is 0 Å². The van der Waals surface area contributed by atoms with Crippen molar-refractivity contribution < 1.29 is 14.3 Å². The second kappa shape index (κ2) is 3.10. The lowest BCUT2D eigenvalue weighted by molar-refractivity contribution is -0.254. The molecule has 14 heavy (non-hydrogen) atoms. The number of aromatic carboxylic acids is 1. The number of hydrogen-bond donors (Lipinski definition) is 0. The largest absolute Gasteiger partial charge is 0.545 e. The third kappa shape index (κ3) is 1.23. The van der Waals surface area contributed by atoms with Crippen LogP contribution in [0.3, 0.4) is 0 Å². The molecule has 0 aliphatic heterocycles. The van der Waals surface area contributed by atoms with Gasteiger partial charge >= 0.3 is 0 Å². The lowest BCUT2D eigenvalue weighted by Gasteiger charge is -2.07. The Morgan fingerprint density at radius 3 is 2.36 bits per heavy atom. The molecule has 0 fully saturated rings. The molecule has 0 atom stereocenters. The number of benzene rings is 2. The SMILES string of the molecule is O=C([O-])c1ccc(F)c2ccccc12. The first-order chi connectivity index (χ1) is 6.70. The zero-order chi connectivity index (χ0) is 10.1. The smallest absolute Gasteiger partial charge is 0.131 e. The Morgan fingerprint density at radius 2 is 1.71 bits per heavy atom. The summed E-state index contributed by atoms with van der Waals surface area (Å²) < 4.78 is 13.2. The van der Waals surface area contributed by atoms with Crippen molar-refractivity contribution in [1.29, 1.82) is 0 Å². The Balaban J connectivity index is 2.88. The Kier molecular flexibility index (Phi) is 1.93. The van der Waals surface area contributed by atoms with Gasteiger partial charge in [-0.05, 0) is 17.5 Å². The summed E-state index contributed by atoms with van der Waals surface area (Å²) in [4.78, 5) is 10.7. The molecule has 0 unspecified atom stereocenters. The van der Waals surface area contributed by atoms with E-state index in [1.807, 2.05) is 0 Å². The van der Waals surface area contributed by atoms with E-state index < -0.39 is 11.8 Å². The van der Waals surface area contributed by atoms with Crippen molar-refractivity contribution in [1.82, 2.24) is 0 Å². The lowest BCUT2D eigenvalue weighted by atomic mass is 10.0. The van der Waals surface area contributed by atoms with E-state index >= 15 is 0 Å². The van der Waals surface area contributed by atoms with Gasteiger partial charge in [0.2, 0.25) is 0 Å². The number of carbonyl (C=O) groups is 1. The third-order valence-electron chi connectivity index (χ3n) is 2.09. The zero-order valence-corrected chi connectivity index (χ0v) is 7.16. The van der Waals surface area contributed by atoms with Gasteiger partial charge in [0.05, 0.1) is 5.97 Å². The molecular weight excluding hydrogens is 183 g/mol. The molecule has 0 heterocycles. The molecule has 0 radical (unpaired) electrons. The Labute approximate surface area is 79.6 Å². The molecule has 0 spiro atoms. The average Bonchev–Trinajstić information content (AvgIpc) is 2.18. The van der Waals surface area contributed by atoms with Crippen LogP contribution in [0, 0.1) is 5.82 Å².